The number of hydrogen-bond donors (Lipinski definition) is 1. The Hall–Kier alpha value is -2.59. The summed E-state index contributed by atoms with van der Waals surface area (Å²) in [6, 6.07) is 10.3. The molecule has 1 N–H and O–H groups in total. The zero-order valence-electron chi connectivity index (χ0n) is 12.4. The Bertz CT molecular complexity index is 842. The van der Waals surface area contributed by atoms with E-state index in [9.17, 15) is 9.59 Å². The molecular formula is C18H14ClNO3. The van der Waals surface area contributed by atoms with Crippen LogP contribution in [0.2, 0.25) is 5.02 Å². The van der Waals surface area contributed by atoms with E-state index in [1.807, 2.05) is 18.2 Å². The van der Waals surface area contributed by atoms with Crippen LogP contribution in [0.15, 0.2) is 36.4 Å². The number of carboxylic acid groups (broad SMARTS) is 1. The summed E-state index contributed by atoms with van der Waals surface area (Å²) < 4.78 is 0. The fraction of sp³-hybridized carbons (Fsp3) is 0.111. The Morgan fingerprint density at radius 3 is 2.52 bits per heavy atom. The molecule has 0 saturated carbocycles. The van der Waals surface area contributed by atoms with Gasteiger partial charge in [-0.2, -0.15) is 0 Å². The van der Waals surface area contributed by atoms with E-state index in [0.29, 0.717) is 11.6 Å². The van der Waals surface area contributed by atoms with E-state index in [4.69, 9.17) is 16.7 Å². The highest BCUT2D eigenvalue weighted by Crippen LogP contribution is 2.31. The van der Waals surface area contributed by atoms with Crippen molar-refractivity contribution in [1.82, 2.24) is 0 Å². The summed E-state index contributed by atoms with van der Waals surface area (Å²) in [7, 11) is 0. The fourth-order valence-corrected chi connectivity index (χ4v) is 2.83. The summed E-state index contributed by atoms with van der Waals surface area (Å²) in [5.74, 6) is -1.06. The van der Waals surface area contributed by atoms with Crippen LogP contribution < -0.4 is 4.90 Å². The normalized spacial score (nSPS) is 14.3. The molecule has 5 heteroatoms. The minimum absolute atomic E-state index is 0.0860. The number of benzene rings is 2. The number of rotatable bonds is 1. The number of aromatic carboxylic acids is 1. The molecular weight excluding hydrogens is 314 g/mol. The average Bonchev–Trinajstić information content (AvgIpc) is 2.49. The first-order valence-corrected chi connectivity index (χ1v) is 7.45. The second kappa shape index (κ2) is 5.89. The second-order valence-electron chi connectivity index (χ2n) is 5.36. The average molecular weight is 328 g/mol. The maximum absolute atomic E-state index is 12.1. The van der Waals surface area contributed by atoms with Gasteiger partial charge in [0.2, 0.25) is 5.91 Å². The van der Waals surface area contributed by atoms with Crippen LogP contribution in [0, 0.1) is 0 Å². The molecule has 0 radical (unpaired) electrons. The van der Waals surface area contributed by atoms with Gasteiger partial charge in [0, 0.05) is 11.9 Å². The summed E-state index contributed by atoms with van der Waals surface area (Å²) in [5.41, 5.74) is 3.49. The van der Waals surface area contributed by atoms with Crippen molar-refractivity contribution in [2.75, 3.05) is 4.90 Å². The number of hydrogen-bond acceptors (Lipinski definition) is 2. The minimum atomic E-state index is -0.977. The molecule has 1 aliphatic rings. The molecule has 1 aliphatic heterocycles. The summed E-state index contributed by atoms with van der Waals surface area (Å²) in [4.78, 5) is 24.9. The number of halogens is 1. The highest BCUT2D eigenvalue weighted by atomic mass is 35.5. The molecule has 23 heavy (non-hydrogen) atoms. The Morgan fingerprint density at radius 2 is 1.83 bits per heavy atom. The SMILES string of the molecule is CC(=O)N1Cc2ccc(C(=O)O)cc2/C=C\c2cc(Cl)ccc21. The lowest BCUT2D eigenvalue weighted by Crippen LogP contribution is -2.29. The maximum Gasteiger partial charge on any atom is 0.335 e. The van der Waals surface area contributed by atoms with Gasteiger partial charge < -0.3 is 10.0 Å². The first-order valence-electron chi connectivity index (χ1n) is 7.07. The molecule has 3 rings (SSSR count). The van der Waals surface area contributed by atoms with Gasteiger partial charge in [0.05, 0.1) is 17.8 Å². The third kappa shape index (κ3) is 2.98. The Morgan fingerprint density at radius 1 is 1.09 bits per heavy atom. The predicted molar refractivity (Wildman–Crippen MR) is 90.6 cm³/mol. The van der Waals surface area contributed by atoms with Gasteiger partial charge in [-0.25, -0.2) is 4.79 Å². The number of anilines is 1. The van der Waals surface area contributed by atoms with Crippen LogP contribution in [0.3, 0.4) is 0 Å². The zero-order valence-corrected chi connectivity index (χ0v) is 13.2. The number of fused-ring (bicyclic) bond motifs is 2. The Kier molecular flexibility index (Phi) is 3.92. The highest BCUT2D eigenvalue weighted by molar-refractivity contribution is 6.30. The summed E-state index contributed by atoms with van der Waals surface area (Å²) in [6.45, 7) is 1.89. The molecule has 116 valence electrons. The van der Waals surface area contributed by atoms with E-state index in [1.54, 1.807) is 35.2 Å². The van der Waals surface area contributed by atoms with E-state index in [1.165, 1.54) is 6.92 Å². The van der Waals surface area contributed by atoms with E-state index in [2.05, 4.69) is 0 Å². The summed E-state index contributed by atoms with van der Waals surface area (Å²) in [6.07, 6.45) is 3.70. The van der Waals surface area contributed by atoms with E-state index in [0.717, 1.165) is 22.4 Å². The molecule has 1 amide bonds. The third-order valence-corrected chi connectivity index (χ3v) is 4.06. The van der Waals surface area contributed by atoms with Crippen LogP contribution in [0.4, 0.5) is 5.69 Å². The van der Waals surface area contributed by atoms with Crippen LogP contribution in [-0.2, 0) is 11.3 Å². The van der Waals surface area contributed by atoms with Gasteiger partial charge in [-0.05, 0) is 47.0 Å². The lowest BCUT2D eigenvalue weighted by molar-refractivity contribution is -0.116. The van der Waals surface area contributed by atoms with Crippen LogP contribution in [0.5, 0.6) is 0 Å². The van der Waals surface area contributed by atoms with E-state index in [-0.39, 0.29) is 11.5 Å². The number of carbonyl (C=O) groups excluding carboxylic acids is 1. The lowest BCUT2D eigenvalue weighted by atomic mass is 9.99. The standard InChI is InChI=1S/C18H14ClNO3/c1-11(21)20-10-15-5-4-14(18(22)23)8-12(15)2-3-13-9-16(19)6-7-17(13)20/h2-9H,10H2,1H3,(H,22,23)/b3-2-. The number of carboxylic acids is 1. The van der Waals surface area contributed by atoms with Crippen molar-refractivity contribution >= 4 is 41.3 Å². The molecule has 4 nitrogen and oxygen atoms in total. The number of carbonyl (C=O) groups is 2. The molecule has 0 saturated heterocycles. The molecule has 0 aliphatic carbocycles. The molecule has 0 unspecified atom stereocenters. The molecule has 0 bridgehead atoms. The Labute approximate surface area is 138 Å². The van der Waals surface area contributed by atoms with Crippen molar-refractivity contribution in [2.24, 2.45) is 0 Å². The van der Waals surface area contributed by atoms with Gasteiger partial charge in [0.15, 0.2) is 0 Å². The predicted octanol–water partition coefficient (Wildman–Crippen LogP) is 4.08. The van der Waals surface area contributed by atoms with Crippen LogP contribution >= 0.6 is 11.6 Å². The van der Waals surface area contributed by atoms with Crippen molar-refractivity contribution in [3.63, 3.8) is 0 Å². The summed E-state index contributed by atoms with van der Waals surface area (Å²) in [5, 5.41) is 9.72. The first-order chi connectivity index (χ1) is 11.0. The molecule has 0 fully saturated rings. The molecule has 1 heterocycles. The highest BCUT2D eigenvalue weighted by Gasteiger charge is 2.19. The minimum Gasteiger partial charge on any atom is -0.478 e. The Balaban J connectivity index is 2.18. The molecule has 0 spiro atoms. The van der Waals surface area contributed by atoms with Crippen molar-refractivity contribution < 1.29 is 14.7 Å². The smallest absolute Gasteiger partial charge is 0.335 e. The van der Waals surface area contributed by atoms with Gasteiger partial charge in [-0.1, -0.05) is 29.8 Å². The van der Waals surface area contributed by atoms with Crippen molar-refractivity contribution in [3.05, 3.63) is 63.7 Å². The van der Waals surface area contributed by atoms with Crippen molar-refractivity contribution in [3.8, 4) is 0 Å². The largest absolute Gasteiger partial charge is 0.478 e. The van der Waals surface area contributed by atoms with Gasteiger partial charge in [-0.3, -0.25) is 4.79 Å². The fourth-order valence-electron chi connectivity index (χ4n) is 2.65. The first kappa shape index (κ1) is 15.3. The van der Waals surface area contributed by atoms with Crippen LogP contribution in [-0.4, -0.2) is 17.0 Å². The quantitative estimate of drug-likeness (QED) is 0.858. The van der Waals surface area contributed by atoms with Gasteiger partial charge in [-0.15, -0.1) is 0 Å². The molecule has 0 atom stereocenters. The monoisotopic (exact) mass is 327 g/mol. The van der Waals surface area contributed by atoms with Crippen molar-refractivity contribution in [2.45, 2.75) is 13.5 Å². The van der Waals surface area contributed by atoms with Gasteiger partial charge >= 0.3 is 5.97 Å². The zero-order chi connectivity index (χ0) is 16.6. The van der Waals surface area contributed by atoms with Gasteiger partial charge in [0.25, 0.3) is 0 Å². The van der Waals surface area contributed by atoms with Crippen molar-refractivity contribution in [1.29, 1.82) is 0 Å². The molecule has 0 aromatic heterocycles. The third-order valence-electron chi connectivity index (χ3n) is 3.82. The van der Waals surface area contributed by atoms with Gasteiger partial charge in [0.1, 0.15) is 0 Å². The molecule has 2 aromatic rings. The van der Waals surface area contributed by atoms with E-state index < -0.39 is 5.97 Å². The van der Waals surface area contributed by atoms with Crippen LogP contribution in [0.25, 0.3) is 12.2 Å². The topological polar surface area (TPSA) is 57.6 Å². The summed E-state index contributed by atoms with van der Waals surface area (Å²) >= 11 is 6.05. The number of amides is 1. The second-order valence-corrected chi connectivity index (χ2v) is 5.80. The van der Waals surface area contributed by atoms with E-state index >= 15 is 0 Å². The molecule has 2 aromatic carbocycles. The maximum atomic E-state index is 12.1. The lowest BCUT2D eigenvalue weighted by Gasteiger charge is -2.26. The number of nitrogens with zero attached hydrogens (tertiary/aromatic N) is 1. The van der Waals surface area contributed by atoms with Crippen LogP contribution in [0.1, 0.15) is 34.0 Å².